The molecule has 28 heavy (non-hydrogen) atoms. The molecule has 0 amide bonds. The third kappa shape index (κ3) is 2.42. The standard InChI is InChI=1S/C21H29NO5S/c1-3-26-17-10-15-12(8-18(17)27-28(22,24)25)4-5-16-14(15)6-7-20(2)19(23)9-13-11-21(13,16)20/h8,10,13-14,16,19,23H,3-7,9,11H2,1-2H3,(H2,22,24,25)/t13-,14-,16-,19-,20-,21+/m1/s1. The van der Waals surface area contributed by atoms with Gasteiger partial charge in [-0.05, 0) is 97.3 Å². The van der Waals surface area contributed by atoms with E-state index in [9.17, 15) is 13.5 Å². The van der Waals surface area contributed by atoms with Crippen LogP contribution in [0, 0.1) is 22.7 Å². The van der Waals surface area contributed by atoms with E-state index in [1.807, 2.05) is 13.0 Å². The van der Waals surface area contributed by atoms with Crippen molar-refractivity contribution in [3.8, 4) is 11.5 Å². The predicted molar refractivity (Wildman–Crippen MR) is 104 cm³/mol. The van der Waals surface area contributed by atoms with E-state index in [1.165, 1.54) is 12.0 Å². The summed E-state index contributed by atoms with van der Waals surface area (Å²) >= 11 is 0. The third-order valence-corrected chi connectivity index (χ3v) is 8.83. The second kappa shape index (κ2) is 5.86. The molecule has 154 valence electrons. The lowest BCUT2D eigenvalue weighted by Crippen LogP contribution is -2.47. The highest BCUT2D eigenvalue weighted by Crippen LogP contribution is 2.81. The Morgan fingerprint density at radius 2 is 2.07 bits per heavy atom. The summed E-state index contributed by atoms with van der Waals surface area (Å²) in [6.07, 6.45) is 6.12. The molecule has 4 aliphatic rings. The quantitative estimate of drug-likeness (QED) is 0.800. The molecule has 1 spiro atoms. The van der Waals surface area contributed by atoms with E-state index in [-0.39, 0.29) is 22.7 Å². The van der Waals surface area contributed by atoms with Gasteiger partial charge in [0.1, 0.15) is 0 Å². The highest BCUT2D eigenvalue weighted by molar-refractivity contribution is 7.84. The summed E-state index contributed by atoms with van der Waals surface area (Å²) in [5.41, 5.74) is 2.74. The molecular formula is C21H29NO5S. The number of hydrogen-bond donors (Lipinski definition) is 2. The van der Waals surface area contributed by atoms with Crippen molar-refractivity contribution in [2.24, 2.45) is 27.8 Å². The van der Waals surface area contributed by atoms with Crippen molar-refractivity contribution in [2.45, 2.75) is 64.4 Å². The number of fused-ring (bicyclic) bond motifs is 3. The van der Waals surface area contributed by atoms with E-state index in [0.717, 1.165) is 37.7 Å². The Morgan fingerprint density at radius 3 is 2.79 bits per heavy atom. The van der Waals surface area contributed by atoms with E-state index in [4.69, 9.17) is 14.1 Å². The topological polar surface area (TPSA) is 98.9 Å². The fourth-order valence-corrected chi connectivity index (χ4v) is 7.63. The van der Waals surface area contributed by atoms with Gasteiger partial charge < -0.3 is 14.0 Å². The second-order valence-electron chi connectivity index (χ2n) is 9.41. The fourth-order valence-electron chi connectivity index (χ4n) is 7.25. The number of rotatable bonds is 4. The van der Waals surface area contributed by atoms with E-state index in [0.29, 0.717) is 30.1 Å². The Labute approximate surface area is 166 Å². The van der Waals surface area contributed by atoms with Crippen LogP contribution in [0.4, 0.5) is 0 Å². The molecule has 0 heterocycles. The van der Waals surface area contributed by atoms with E-state index in [1.54, 1.807) is 6.07 Å². The molecule has 5 rings (SSSR count). The van der Waals surface area contributed by atoms with Crippen LogP contribution in [-0.4, -0.2) is 26.2 Å². The van der Waals surface area contributed by atoms with Crippen molar-refractivity contribution in [3.05, 3.63) is 23.3 Å². The highest BCUT2D eigenvalue weighted by Gasteiger charge is 2.76. The van der Waals surface area contributed by atoms with Crippen LogP contribution in [0.15, 0.2) is 12.1 Å². The van der Waals surface area contributed by atoms with Crippen LogP contribution in [0.3, 0.4) is 0 Å². The van der Waals surface area contributed by atoms with Gasteiger partial charge in [-0.15, -0.1) is 0 Å². The van der Waals surface area contributed by atoms with Gasteiger partial charge in [-0.3, -0.25) is 0 Å². The molecule has 1 aromatic carbocycles. The van der Waals surface area contributed by atoms with Gasteiger partial charge in [-0.25, -0.2) is 0 Å². The summed E-state index contributed by atoms with van der Waals surface area (Å²) in [5, 5.41) is 15.8. The molecule has 6 nitrogen and oxygen atoms in total. The number of aliphatic hydroxyl groups is 1. The van der Waals surface area contributed by atoms with Crippen molar-refractivity contribution >= 4 is 10.3 Å². The molecule has 7 heteroatoms. The minimum atomic E-state index is -4.10. The van der Waals surface area contributed by atoms with E-state index < -0.39 is 10.3 Å². The summed E-state index contributed by atoms with van der Waals surface area (Å²) in [5.74, 6) is 2.31. The maximum absolute atomic E-state index is 11.5. The van der Waals surface area contributed by atoms with Gasteiger partial charge in [0, 0.05) is 0 Å². The molecule has 6 atom stereocenters. The molecule has 3 fully saturated rings. The van der Waals surface area contributed by atoms with Crippen LogP contribution in [0.1, 0.15) is 63.0 Å². The lowest BCUT2D eigenvalue weighted by atomic mass is 9.52. The maximum Gasteiger partial charge on any atom is 0.380 e. The van der Waals surface area contributed by atoms with Gasteiger partial charge in [-0.2, -0.15) is 13.6 Å². The lowest BCUT2D eigenvalue weighted by Gasteiger charge is -2.52. The Hall–Kier alpha value is -1.31. The Kier molecular flexibility index (Phi) is 3.91. The van der Waals surface area contributed by atoms with Crippen molar-refractivity contribution in [2.75, 3.05) is 6.61 Å². The largest absolute Gasteiger partial charge is 0.490 e. The number of ether oxygens (including phenoxy) is 1. The van der Waals surface area contributed by atoms with Crippen molar-refractivity contribution in [1.82, 2.24) is 0 Å². The molecule has 0 aliphatic heterocycles. The third-order valence-electron chi connectivity index (χ3n) is 8.42. The van der Waals surface area contributed by atoms with Gasteiger partial charge in [0.2, 0.25) is 0 Å². The summed E-state index contributed by atoms with van der Waals surface area (Å²) in [4.78, 5) is 0. The number of aryl methyl sites for hydroxylation is 1. The first-order valence-corrected chi connectivity index (χ1v) is 11.9. The second-order valence-corrected chi connectivity index (χ2v) is 10.6. The van der Waals surface area contributed by atoms with Crippen LogP contribution in [-0.2, 0) is 16.7 Å². The lowest BCUT2D eigenvalue weighted by molar-refractivity contribution is -0.0558. The first-order chi connectivity index (χ1) is 13.2. The van der Waals surface area contributed by atoms with Crippen LogP contribution in [0.5, 0.6) is 11.5 Å². The normalized spacial score (nSPS) is 40.7. The summed E-state index contributed by atoms with van der Waals surface area (Å²) in [7, 11) is -4.10. The average molecular weight is 408 g/mol. The molecule has 0 unspecified atom stereocenters. The number of hydrogen-bond acceptors (Lipinski definition) is 5. The molecule has 0 saturated heterocycles. The number of benzene rings is 1. The minimum absolute atomic E-state index is 0.0514. The van der Waals surface area contributed by atoms with Gasteiger partial charge >= 0.3 is 10.3 Å². The molecule has 3 saturated carbocycles. The fraction of sp³-hybridized carbons (Fsp3) is 0.714. The monoisotopic (exact) mass is 407 g/mol. The summed E-state index contributed by atoms with van der Waals surface area (Å²) < 4.78 is 33.6. The first kappa shape index (κ1) is 18.7. The molecule has 0 aromatic heterocycles. The van der Waals surface area contributed by atoms with Crippen molar-refractivity contribution in [1.29, 1.82) is 0 Å². The van der Waals surface area contributed by atoms with Gasteiger partial charge in [0.15, 0.2) is 11.5 Å². The van der Waals surface area contributed by atoms with Gasteiger partial charge in [0.05, 0.1) is 12.7 Å². The van der Waals surface area contributed by atoms with Crippen LogP contribution >= 0.6 is 0 Å². The van der Waals surface area contributed by atoms with Gasteiger partial charge in [-0.1, -0.05) is 6.92 Å². The Morgan fingerprint density at radius 1 is 1.29 bits per heavy atom. The Balaban J connectivity index is 1.55. The van der Waals surface area contributed by atoms with Crippen LogP contribution in [0.25, 0.3) is 0 Å². The highest BCUT2D eigenvalue weighted by atomic mass is 32.2. The molecular weight excluding hydrogens is 378 g/mol. The molecule has 3 N–H and O–H groups in total. The first-order valence-electron chi connectivity index (χ1n) is 10.4. The zero-order valence-corrected chi connectivity index (χ0v) is 17.3. The molecule has 1 aromatic rings. The SMILES string of the molecule is CCOc1cc2c(cc1OS(N)(=O)=O)CC[C@@H]1[C@@H]2CC[C@]2(C)[C@H](O)C[C@@H]3C[C@]312. The van der Waals surface area contributed by atoms with Crippen LogP contribution < -0.4 is 14.1 Å². The molecule has 0 radical (unpaired) electrons. The molecule has 4 aliphatic carbocycles. The minimum Gasteiger partial charge on any atom is -0.490 e. The molecule has 0 bridgehead atoms. The van der Waals surface area contributed by atoms with Crippen LogP contribution in [0.2, 0.25) is 0 Å². The van der Waals surface area contributed by atoms with Crippen molar-refractivity contribution in [3.63, 3.8) is 0 Å². The number of nitrogens with two attached hydrogens (primary N) is 1. The van der Waals surface area contributed by atoms with E-state index >= 15 is 0 Å². The predicted octanol–water partition coefficient (Wildman–Crippen LogP) is 2.88. The average Bonchev–Trinajstić information content (AvgIpc) is 3.27. The number of aliphatic hydroxyl groups excluding tert-OH is 1. The summed E-state index contributed by atoms with van der Waals surface area (Å²) in [6.45, 7) is 4.60. The zero-order valence-electron chi connectivity index (χ0n) is 16.5. The smallest absolute Gasteiger partial charge is 0.380 e. The van der Waals surface area contributed by atoms with Gasteiger partial charge in [0.25, 0.3) is 0 Å². The summed E-state index contributed by atoms with van der Waals surface area (Å²) in [6, 6.07) is 3.79. The zero-order chi connectivity index (χ0) is 19.9. The Bertz CT molecular complexity index is 931. The van der Waals surface area contributed by atoms with Crippen molar-refractivity contribution < 1.29 is 22.4 Å². The van der Waals surface area contributed by atoms with E-state index in [2.05, 4.69) is 6.92 Å². The maximum atomic E-state index is 11.5.